The molecule has 6 nitrogen and oxygen atoms in total. The molecule has 0 atom stereocenters. The van der Waals surface area contributed by atoms with Gasteiger partial charge in [-0.1, -0.05) is 41.7 Å². The molecule has 0 spiro atoms. The minimum atomic E-state index is -0.115. The summed E-state index contributed by atoms with van der Waals surface area (Å²) in [5, 5.41) is 0. The topological polar surface area (TPSA) is 62.1 Å². The summed E-state index contributed by atoms with van der Waals surface area (Å²) in [5.74, 6) is 3.22. The number of aromatic nitrogens is 1. The van der Waals surface area contributed by atoms with Crippen molar-refractivity contribution in [3.05, 3.63) is 52.8 Å². The van der Waals surface area contributed by atoms with Gasteiger partial charge in [0.25, 0.3) is 0 Å². The average molecular weight is 461 g/mol. The molecule has 0 N–H and O–H groups in total. The molecule has 0 aliphatic rings. The molecule has 166 valence electrons. The average Bonchev–Trinajstić information content (AvgIpc) is 3.15. The first-order chi connectivity index (χ1) is 15.2. The number of thioether (sulfide) groups is 1. The molecular weight excluding hydrogens is 432 g/mol. The lowest BCUT2D eigenvalue weighted by Crippen LogP contribution is -2.19. The molecule has 0 bridgehead atoms. The molecular formula is C23H28N2O4S2. The van der Waals surface area contributed by atoms with Crippen molar-refractivity contribution in [2.24, 2.45) is 4.99 Å². The highest BCUT2D eigenvalue weighted by Crippen LogP contribution is 2.35. The second-order valence-electron chi connectivity index (χ2n) is 6.82. The second kappa shape index (κ2) is 11.9. The van der Waals surface area contributed by atoms with E-state index in [1.54, 1.807) is 21.3 Å². The van der Waals surface area contributed by atoms with Crippen molar-refractivity contribution in [2.75, 3.05) is 33.7 Å². The number of hydrogen-bond acceptors (Lipinski definition) is 6. The second-order valence-corrected chi connectivity index (χ2v) is 8.91. The maximum Gasteiger partial charge on any atom is 0.248 e. The van der Waals surface area contributed by atoms with Crippen LogP contribution in [0.2, 0.25) is 0 Å². The van der Waals surface area contributed by atoms with Crippen LogP contribution in [0, 0.1) is 0 Å². The Kier molecular flexibility index (Phi) is 8.99. The molecule has 8 heteroatoms. The fourth-order valence-electron chi connectivity index (χ4n) is 3.18. The Morgan fingerprint density at radius 3 is 2.52 bits per heavy atom. The van der Waals surface area contributed by atoms with Gasteiger partial charge in [-0.2, -0.15) is 16.8 Å². The number of amides is 1. The van der Waals surface area contributed by atoms with Crippen LogP contribution in [0.4, 0.5) is 0 Å². The molecule has 0 saturated heterocycles. The molecule has 1 amide bonds. The summed E-state index contributed by atoms with van der Waals surface area (Å²) in [6.07, 6.45) is 1.23. The number of nitrogens with zero attached hydrogens (tertiary/aromatic N) is 2. The summed E-state index contributed by atoms with van der Waals surface area (Å²) in [5.41, 5.74) is 2.17. The van der Waals surface area contributed by atoms with E-state index in [0.717, 1.165) is 39.6 Å². The van der Waals surface area contributed by atoms with Crippen LogP contribution < -0.4 is 14.3 Å². The van der Waals surface area contributed by atoms with Crippen molar-refractivity contribution in [1.29, 1.82) is 0 Å². The lowest BCUT2D eigenvalue weighted by molar-refractivity contribution is -0.118. The van der Waals surface area contributed by atoms with Crippen molar-refractivity contribution in [1.82, 2.24) is 4.57 Å². The highest BCUT2D eigenvalue weighted by atomic mass is 32.2. The fraction of sp³-hybridized carbons (Fsp3) is 0.391. The Hall–Kier alpha value is -2.29. The molecule has 1 heterocycles. The molecule has 0 radical (unpaired) electrons. The number of ether oxygens (including phenoxy) is 3. The Morgan fingerprint density at radius 1 is 1.06 bits per heavy atom. The van der Waals surface area contributed by atoms with Crippen LogP contribution in [0.15, 0.2) is 47.5 Å². The lowest BCUT2D eigenvalue weighted by Gasteiger charge is -2.09. The maximum absolute atomic E-state index is 12.6. The van der Waals surface area contributed by atoms with Gasteiger partial charge in [-0.05, 0) is 29.9 Å². The minimum Gasteiger partial charge on any atom is -0.495 e. The lowest BCUT2D eigenvalue weighted by atomic mass is 10.2. The van der Waals surface area contributed by atoms with E-state index in [1.807, 2.05) is 46.7 Å². The van der Waals surface area contributed by atoms with Crippen LogP contribution in [0.25, 0.3) is 10.2 Å². The van der Waals surface area contributed by atoms with Gasteiger partial charge in [0.05, 0.1) is 20.8 Å². The first kappa shape index (κ1) is 23.4. The summed E-state index contributed by atoms with van der Waals surface area (Å²) in [6, 6.07) is 14.1. The third kappa shape index (κ3) is 6.12. The van der Waals surface area contributed by atoms with E-state index in [4.69, 9.17) is 14.2 Å². The Bertz CT molecular complexity index is 1060. The maximum atomic E-state index is 12.6. The molecule has 0 saturated carbocycles. The number of fused-ring (bicyclic) bond motifs is 1. The zero-order valence-electron chi connectivity index (χ0n) is 18.1. The summed E-state index contributed by atoms with van der Waals surface area (Å²) in [7, 11) is 4.92. The van der Waals surface area contributed by atoms with Crippen LogP contribution in [-0.2, 0) is 21.8 Å². The Balaban J connectivity index is 1.74. The molecule has 2 aromatic carbocycles. The van der Waals surface area contributed by atoms with E-state index in [2.05, 4.69) is 17.1 Å². The highest BCUT2D eigenvalue weighted by molar-refractivity contribution is 7.98. The molecule has 0 fully saturated rings. The predicted molar refractivity (Wildman–Crippen MR) is 127 cm³/mol. The van der Waals surface area contributed by atoms with E-state index >= 15 is 0 Å². The molecule has 31 heavy (non-hydrogen) atoms. The van der Waals surface area contributed by atoms with Gasteiger partial charge in [-0.3, -0.25) is 4.79 Å². The molecule has 0 aliphatic heterocycles. The van der Waals surface area contributed by atoms with E-state index in [0.29, 0.717) is 24.4 Å². The monoisotopic (exact) mass is 460 g/mol. The van der Waals surface area contributed by atoms with Gasteiger partial charge in [-0.15, -0.1) is 0 Å². The Labute approximate surface area is 190 Å². The van der Waals surface area contributed by atoms with Gasteiger partial charge in [0, 0.05) is 25.8 Å². The van der Waals surface area contributed by atoms with Crippen LogP contribution in [-0.4, -0.2) is 44.2 Å². The van der Waals surface area contributed by atoms with Gasteiger partial charge in [0.1, 0.15) is 21.7 Å². The van der Waals surface area contributed by atoms with Crippen molar-refractivity contribution < 1.29 is 19.0 Å². The van der Waals surface area contributed by atoms with E-state index in [-0.39, 0.29) is 5.91 Å². The zero-order valence-corrected chi connectivity index (χ0v) is 19.8. The summed E-state index contributed by atoms with van der Waals surface area (Å²) in [4.78, 5) is 17.6. The number of benzene rings is 2. The van der Waals surface area contributed by atoms with Crippen LogP contribution in [0.1, 0.15) is 18.4 Å². The fourth-order valence-corrected chi connectivity index (χ4v) is 5.28. The first-order valence-electron chi connectivity index (χ1n) is 10.1. The summed E-state index contributed by atoms with van der Waals surface area (Å²) >= 11 is 3.27. The quantitative estimate of drug-likeness (QED) is 0.394. The van der Waals surface area contributed by atoms with Gasteiger partial charge in [0.2, 0.25) is 5.91 Å². The smallest absolute Gasteiger partial charge is 0.248 e. The largest absolute Gasteiger partial charge is 0.495 e. The third-order valence-corrected chi connectivity index (χ3v) is 6.93. The Morgan fingerprint density at radius 2 is 1.81 bits per heavy atom. The van der Waals surface area contributed by atoms with Crippen molar-refractivity contribution >= 4 is 39.2 Å². The van der Waals surface area contributed by atoms with Crippen LogP contribution >= 0.6 is 23.1 Å². The predicted octanol–water partition coefficient (Wildman–Crippen LogP) is 4.51. The highest BCUT2D eigenvalue weighted by Gasteiger charge is 2.16. The van der Waals surface area contributed by atoms with Gasteiger partial charge in [0.15, 0.2) is 4.80 Å². The SMILES string of the molecule is COCCn1c(=NC(=O)CCCSCc2ccccc2)sc2c(OC)ccc(OC)c21. The van der Waals surface area contributed by atoms with Crippen LogP contribution in [0.5, 0.6) is 11.5 Å². The van der Waals surface area contributed by atoms with Gasteiger partial charge in [-0.25, -0.2) is 0 Å². The van der Waals surface area contributed by atoms with Gasteiger partial charge >= 0.3 is 0 Å². The number of hydrogen-bond donors (Lipinski definition) is 0. The first-order valence-corrected chi connectivity index (χ1v) is 12.1. The molecule has 0 aliphatic carbocycles. The molecule has 0 unspecified atom stereocenters. The molecule has 1 aromatic heterocycles. The number of thiazole rings is 1. The summed E-state index contributed by atoms with van der Waals surface area (Å²) < 4.78 is 19.2. The number of rotatable bonds is 11. The number of carbonyl (C=O) groups is 1. The van der Waals surface area contributed by atoms with Gasteiger partial charge < -0.3 is 18.8 Å². The van der Waals surface area contributed by atoms with E-state index in [1.165, 1.54) is 16.9 Å². The molecule has 3 aromatic rings. The van der Waals surface area contributed by atoms with E-state index < -0.39 is 0 Å². The standard InChI is InChI=1S/C23H28N2O4S2/c1-27-14-13-25-21-18(28-2)11-12-19(29-3)22(21)31-23(25)24-20(26)10-7-15-30-16-17-8-5-4-6-9-17/h4-6,8-9,11-12H,7,10,13-16H2,1-3H3. The van der Waals surface area contributed by atoms with Crippen molar-refractivity contribution in [3.8, 4) is 11.5 Å². The van der Waals surface area contributed by atoms with Crippen LogP contribution in [0.3, 0.4) is 0 Å². The number of carbonyl (C=O) groups excluding carboxylic acids is 1. The third-order valence-electron chi connectivity index (χ3n) is 4.72. The number of methoxy groups -OCH3 is 3. The normalized spacial score (nSPS) is 11.8. The minimum absolute atomic E-state index is 0.115. The van der Waals surface area contributed by atoms with E-state index in [9.17, 15) is 4.79 Å². The van der Waals surface area contributed by atoms with Crippen molar-refractivity contribution in [3.63, 3.8) is 0 Å². The van der Waals surface area contributed by atoms with Crippen molar-refractivity contribution in [2.45, 2.75) is 25.1 Å². The zero-order chi connectivity index (χ0) is 22.1. The molecule has 3 rings (SSSR count). The summed E-state index contributed by atoms with van der Waals surface area (Å²) in [6.45, 7) is 1.07.